The van der Waals surface area contributed by atoms with Crippen molar-refractivity contribution in [1.82, 2.24) is 9.97 Å². The Bertz CT molecular complexity index is 431. The summed E-state index contributed by atoms with van der Waals surface area (Å²) in [5.74, 6) is 1.49. The quantitative estimate of drug-likeness (QED) is 0.800. The lowest BCUT2D eigenvalue weighted by Crippen LogP contribution is -2.44. The smallest absolute Gasteiger partial charge is 0.266 e. The van der Waals surface area contributed by atoms with Gasteiger partial charge in [0.1, 0.15) is 9.39 Å². The number of nitrogens with one attached hydrogen (secondary N) is 1. The molecule has 5 heteroatoms. The van der Waals surface area contributed by atoms with Gasteiger partial charge in [0.05, 0.1) is 6.33 Å². The molecule has 0 aliphatic carbocycles. The first-order valence-electron chi connectivity index (χ1n) is 5.61. The minimum Gasteiger partial charge on any atom is -0.353 e. The third-order valence-corrected chi connectivity index (χ3v) is 4.40. The van der Waals surface area contributed by atoms with Crippen LogP contribution < -0.4 is 10.5 Å². The highest BCUT2D eigenvalue weighted by molar-refractivity contribution is 14.1. The Kier molecular flexibility index (Phi) is 3.51. The second kappa shape index (κ2) is 4.73. The fourth-order valence-electron chi connectivity index (χ4n) is 2.21. The minimum atomic E-state index is -0.0453. The van der Waals surface area contributed by atoms with E-state index in [1.54, 1.807) is 0 Å². The Balaban J connectivity index is 2.36. The Hall–Kier alpha value is -0.590. The van der Waals surface area contributed by atoms with Crippen molar-refractivity contribution in [3.05, 3.63) is 20.3 Å². The van der Waals surface area contributed by atoms with Crippen LogP contribution in [0.3, 0.4) is 0 Å². The molecule has 88 valence electrons. The highest BCUT2D eigenvalue weighted by atomic mass is 127. The Morgan fingerprint density at radius 1 is 1.56 bits per heavy atom. The summed E-state index contributed by atoms with van der Waals surface area (Å²) >= 11 is 2.08. The molecule has 2 unspecified atom stereocenters. The molecule has 0 spiro atoms. The van der Waals surface area contributed by atoms with Crippen LogP contribution in [0.2, 0.25) is 0 Å². The van der Waals surface area contributed by atoms with E-state index in [1.807, 2.05) is 0 Å². The third kappa shape index (κ3) is 2.09. The van der Waals surface area contributed by atoms with E-state index in [-0.39, 0.29) is 5.56 Å². The van der Waals surface area contributed by atoms with Gasteiger partial charge in [-0.2, -0.15) is 0 Å². The molecule has 16 heavy (non-hydrogen) atoms. The molecule has 1 fully saturated rings. The lowest BCUT2D eigenvalue weighted by Gasteiger charge is -2.38. The predicted molar refractivity (Wildman–Crippen MR) is 72.8 cm³/mol. The van der Waals surface area contributed by atoms with Crippen molar-refractivity contribution in [3.8, 4) is 0 Å². The van der Waals surface area contributed by atoms with Crippen LogP contribution in [0, 0.1) is 9.49 Å². The van der Waals surface area contributed by atoms with Crippen molar-refractivity contribution < 1.29 is 0 Å². The number of H-pyrrole nitrogens is 1. The molecule has 1 saturated heterocycles. The lowest BCUT2D eigenvalue weighted by atomic mass is 9.92. The number of hydrogen-bond acceptors (Lipinski definition) is 3. The second-order valence-corrected chi connectivity index (χ2v) is 5.50. The summed E-state index contributed by atoms with van der Waals surface area (Å²) in [5, 5.41) is 0. The zero-order valence-corrected chi connectivity index (χ0v) is 11.7. The minimum absolute atomic E-state index is 0.0453. The SMILES string of the molecule is CC1CCCN(c2nc[nH]c(=O)c2I)C1C. The Morgan fingerprint density at radius 2 is 2.31 bits per heavy atom. The van der Waals surface area contributed by atoms with E-state index < -0.39 is 0 Å². The zero-order chi connectivity index (χ0) is 11.7. The van der Waals surface area contributed by atoms with Gasteiger partial charge in [-0.3, -0.25) is 4.79 Å². The average molecular weight is 333 g/mol. The molecule has 0 aromatic carbocycles. The predicted octanol–water partition coefficient (Wildman–Crippen LogP) is 2.00. The molecule has 1 aromatic heterocycles. The van der Waals surface area contributed by atoms with Gasteiger partial charge in [-0.25, -0.2) is 4.98 Å². The Labute approximate surface area is 109 Å². The summed E-state index contributed by atoms with van der Waals surface area (Å²) in [5.41, 5.74) is -0.0453. The molecule has 4 nitrogen and oxygen atoms in total. The first-order chi connectivity index (χ1) is 7.61. The number of aromatic amines is 1. The highest BCUT2D eigenvalue weighted by Gasteiger charge is 2.27. The van der Waals surface area contributed by atoms with Crippen LogP contribution >= 0.6 is 22.6 Å². The fraction of sp³-hybridized carbons (Fsp3) is 0.636. The number of nitrogens with zero attached hydrogens (tertiary/aromatic N) is 2. The molecule has 1 aromatic rings. The van der Waals surface area contributed by atoms with Gasteiger partial charge in [-0.05, 0) is 48.3 Å². The van der Waals surface area contributed by atoms with Crippen molar-refractivity contribution in [2.45, 2.75) is 32.7 Å². The summed E-state index contributed by atoms with van der Waals surface area (Å²) in [6, 6.07) is 0.455. The number of hydrogen-bond donors (Lipinski definition) is 1. The molecular weight excluding hydrogens is 317 g/mol. The molecule has 0 amide bonds. The van der Waals surface area contributed by atoms with Gasteiger partial charge in [0.25, 0.3) is 5.56 Å². The number of anilines is 1. The highest BCUT2D eigenvalue weighted by Crippen LogP contribution is 2.28. The van der Waals surface area contributed by atoms with Gasteiger partial charge in [-0.1, -0.05) is 6.92 Å². The monoisotopic (exact) mass is 333 g/mol. The van der Waals surface area contributed by atoms with Crippen LogP contribution in [0.5, 0.6) is 0 Å². The third-order valence-electron chi connectivity index (χ3n) is 3.42. The first-order valence-corrected chi connectivity index (χ1v) is 6.69. The number of aromatic nitrogens is 2. The Morgan fingerprint density at radius 3 is 3.06 bits per heavy atom. The van der Waals surface area contributed by atoms with E-state index in [4.69, 9.17) is 0 Å². The molecule has 2 rings (SSSR count). The van der Waals surface area contributed by atoms with Crippen LogP contribution in [-0.2, 0) is 0 Å². The van der Waals surface area contributed by atoms with E-state index in [0.717, 1.165) is 12.4 Å². The van der Waals surface area contributed by atoms with Crippen LogP contribution in [0.15, 0.2) is 11.1 Å². The van der Waals surface area contributed by atoms with E-state index in [9.17, 15) is 4.79 Å². The number of rotatable bonds is 1. The molecule has 1 N–H and O–H groups in total. The second-order valence-electron chi connectivity index (χ2n) is 4.42. The summed E-state index contributed by atoms with van der Waals surface area (Å²) < 4.78 is 0.695. The molecule has 2 heterocycles. The van der Waals surface area contributed by atoms with Gasteiger partial charge < -0.3 is 9.88 Å². The van der Waals surface area contributed by atoms with Crippen molar-refractivity contribution in [1.29, 1.82) is 0 Å². The molecule has 2 atom stereocenters. The maximum Gasteiger partial charge on any atom is 0.266 e. The van der Waals surface area contributed by atoms with E-state index in [2.05, 4.69) is 51.3 Å². The summed E-state index contributed by atoms with van der Waals surface area (Å²) in [6.07, 6.45) is 3.93. The van der Waals surface area contributed by atoms with Crippen LogP contribution in [0.1, 0.15) is 26.7 Å². The van der Waals surface area contributed by atoms with Crippen LogP contribution in [0.25, 0.3) is 0 Å². The van der Waals surface area contributed by atoms with Crippen molar-refractivity contribution in [3.63, 3.8) is 0 Å². The summed E-state index contributed by atoms with van der Waals surface area (Å²) in [4.78, 5) is 20.7. The van der Waals surface area contributed by atoms with Crippen molar-refractivity contribution in [2.75, 3.05) is 11.4 Å². The molecule has 0 radical (unpaired) electrons. The zero-order valence-electron chi connectivity index (χ0n) is 9.53. The standard InChI is InChI=1S/C11H16IN3O/c1-7-4-3-5-15(8(7)2)10-9(12)11(16)14-6-13-10/h6-8H,3-5H2,1-2H3,(H,13,14,16). The molecule has 0 bridgehead atoms. The fourth-order valence-corrected chi connectivity index (χ4v) is 2.81. The lowest BCUT2D eigenvalue weighted by molar-refractivity contribution is 0.361. The van der Waals surface area contributed by atoms with E-state index in [0.29, 0.717) is 15.5 Å². The van der Waals surface area contributed by atoms with Crippen molar-refractivity contribution >= 4 is 28.4 Å². The first kappa shape index (κ1) is 11.9. The van der Waals surface area contributed by atoms with Crippen LogP contribution in [0.4, 0.5) is 5.82 Å². The molecular formula is C11H16IN3O. The number of piperidine rings is 1. The van der Waals surface area contributed by atoms with Crippen LogP contribution in [-0.4, -0.2) is 22.6 Å². The topological polar surface area (TPSA) is 49.0 Å². The maximum atomic E-state index is 11.5. The normalized spacial score (nSPS) is 25.8. The summed E-state index contributed by atoms with van der Waals surface area (Å²) in [6.45, 7) is 5.47. The maximum absolute atomic E-state index is 11.5. The van der Waals surface area contributed by atoms with Gasteiger partial charge in [0.15, 0.2) is 0 Å². The van der Waals surface area contributed by atoms with Gasteiger partial charge >= 0.3 is 0 Å². The van der Waals surface area contributed by atoms with Gasteiger partial charge in [0, 0.05) is 12.6 Å². The van der Waals surface area contributed by atoms with Gasteiger partial charge in [-0.15, -0.1) is 0 Å². The average Bonchev–Trinajstić information content (AvgIpc) is 2.27. The molecule has 1 aliphatic heterocycles. The summed E-state index contributed by atoms with van der Waals surface area (Å²) in [7, 11) is 0. The largest absolute Gasteiger partial charge is 0.353 e. The van der Waals surface area contributed by atoms with Crippen molar-refractivity contribution in [2.24, 2.45) is 5.92 Å². The van der Waals surface area contributed by atoms with E-state index in [1.165, 1.54) is 19.2 Å². The molecule has 0 saturated carbocycles. The molecule has 1 aliphatic rings. The number of halogens is 1. The van der Waals surface area contributed by atoms with E-state index >= 15 is 0 Å². The van der Waals surface area contributed by atoms with Gasteiger partial charge in [0.2, 0.25) is 0 Å².